The number of unbranched alkanes of at least 4 members (excludes halogenated alkanes) is 3. The average Bonchev–Trinajstić information content (AvgIpc) is 3.50. The molecule has 0 bridgehead atoms. The van der Waals surface area contributed by atoms with Gasteiger partial charge in [0.25, 0.3) is 0 Å². The topological polar surface area (TPSA) is 35.5 Å². The van der Waals surface area contributed by atoms with Gasteiger partial charge in [-0.25, -0.2) is 0 Å². The van der Waals surface area contributed by atoms with Crippen LogP contribution in [0.2, 0.25) is 0 Å². The number of hydrogen-bond donors (Lipinski definition) is 0. The van der Waals surface area contributed by atoms with Gasteiger partial charge in [-0.05, 0) is 166 Å². The summed E-state index contributed by atoms with van der Waals surface area (Å²) in [5.41, 5.74) is 3.96. The van der Waals surface area contributed by atoms with E-state index in [9.17, 15) is 4.79 Å². The lowest BCUT2D eigenvalue weighted by molar-refractivity contribution is -0.151. The van der Waals surface area contributed by atoms with Crippen LogP contribution in [-0.4, -0.2) is 18.7 Å². The maximum absolute atomic E-state index is 12.9. The lowest BCUT2D eigenvalue weighted by atomic mass is 9.47. The molecule has 4 fully saturated rings. The van der Waals surface area contributed by atoms with Crippen LogP contribution in [-0.2, 0) is 9.53 Å². The summed E-state index contributed by atoms with van der Waals surface area (Å²) in [5, 5.41) is 0. The molecule has 292 valence electrons. The van der Waals surface area contributed by atoms with Crippen molar-refractivity contribution in [2.45, 2.75) is 195 Å². The third-order valence-corrected chi connectivity index (χ3v) is 16.0. The van der Waals surface area contributed by atoms with E-state index in [-0.39, 0.29) is 12.1 Å². The van der Waals surface area contributed by atoms with Crippen molar-refractivity contribution in [3.05, 3.63) is 41.5 Å². The zero-order valence-electron chi connectivity index (χ0n) is 34.6. The van der Waals surface area contributed by atoms with E-state index in [0.29, 0.717) is 23.9 Å². The number of esters is 1. The molecule has 0 saturated heterocycles. The van der Waals surface area contributed by atoms with Gasteiger partial charge in [-0.15, -0.1) is 0 Å². The quantitative estimate of drug-likeness (QED) is 0.0915. The molecule has 0 aliphatic heterocycles. The number of fused-ring (bicyclic) bond motifs is 5. The summed E-state index contributed by atoms with van der Waals surface area (Å²) in [6, 6.07) is 8.92. The predicted octanol–water partition coefficient (Wildman–Crippen LogP) is 14.0. The fourth-order valence-electron chi connectivity index (χ4n) is 12.8. The fraction of sp³-hybridized carbons (Fsp3) is 0.816. The monoisotopic (exact) mass is 715 g/mol. The molecule has 1 aromatic rings. The molecular formula is C49H78O3. The van der Waals surface area contributed by atoms with Gasteiger partial charge in [-0.1, -0.05) is 104 Å². The number of carbonyl (C=O) groups excluding carboxylic acids is 1. The van der Waals surface area contributed by atoms with Crippen molar-refractivity contribution in [3.63, 3.8) is 0 Å². The molecule has 0 heterocycles. The van der Waals surface area contributed by atoms with Gasteiger partial charge < -0.3 is 9.47 Å². The molecule has 0 amide bonds. The van der Waals surface area contributed by atoms with E-state index in [2.05, 4.69) is 71.9 Å². The van der Waals surface area contributed by atoms with Crippen molar-refractivity contribution in [3.8, 4) is 5.75 Å². The van der Waals surface area contributed by atoms with E-state index in [1.807, 2.05) is 0 Å². The number of hydrogen-bond acceptors (Lipinski definition) is 3. The largest absolute Gasteiger partial charge is 0.494 e. The summed E-state index contributed by atoms with van der Waals surface area (Å²) in [6.07, 6.45) is 30.1. The Morgan fingerprint density at radius 3 is 2.37 bits per heavy atom. The minimum Gasteiger partial charge on any atom is -0.494 e. The molecule has 5 aliphatic carbocycles. The first kappa shape index (κ1) is 39.9. The van der Waals surface area contributed by atoms with Crippen LogP contribution in [0.1, 0.15) is 194 Å². The molecule has 4 saturated carbocycles. The van der Waals surface area contributed by atoms with Crippen LogP contribution in [0.4, 0.5) is 0 Å². The molecule has 6 rings (SSSR count). The van der Waals surface area contributed by atoms with Crippen LogP contribution in [0.5, 0.6) is 5.75 Å². The Kier molecular flexibility index (Phi) is 14.0. The number of ether oxygens (including phenoxy) is 2. The second-order valence-electron chi connectivity index (χ2n) is 19.7. The summed E-state index contributed by atoms with van der Waals surface area (Å²) >= 11 is 0. The molecule has 5 aliphatic rings. The predicted molar refractivity (Wildman–Crippen MR) is 218 cm³/mol. The van der Waals surface area contributed by atoms with Gasteiger partial charge in [0.05, 0.1) is 6.61 Å². The Hall–Kier alpha value is -1.77. The van der Waals surface area contributed by atoms with Gasteiger partial charge in [0.15, 0.2) is 0 Å². The number of carbonyl (C=O) groups is 1. The average molecular weight is 715 g/mol. The van der Waals surface area contributed by atoms with Crippen molar-refractivity contribution < 1.29 is 14.3 Å². The Bertz CT molecular complexity index is 1290. The summed E-state index contributed by atoms with van der Waals surface area (Å²) in [7, 11) is 0. The molecule has 0 N–H and O–H groups in total. The van der Waals surface area contributed by atoms with Crippen molar-refractivity contribution in [2.75, 3.05) is 6.61 Å². The first-order valence-electron chi connectivity index (χ1n) is 22.7. The van der Waals surface area contributed by atoms with Gasteiger partial charge in [-0.2, -0.15) is 0 Å². The molecular weight excluding hydrogens is 637 g/mol. The minimum atomic E-state index is 0.00624. The molecule has 8 atom stereocenters. The highest BCUT2D eigenvalue weighted by Crippen LogP contribution is 2.67. The Morgan fingerprint density at radius 1 is 0.827 bits per heavy atom. The highest BCUT2D eigenvalue weighted by molar-refractivity contribution is 5.69. The van der Waals surface area contributed by atoms with Crippen molar-refractivity contribution in [1.29, 1.82) is 0 Å². The molecule has 3 nitrogen and oxygen atoms in total. The third kappa shape index (κ3) is 9.36. The van der Waals surface area contributed by atoms with E-state index in [0.717, 1.165) is 85.2 Å². The lowest BCUT2D eigenvalue weighted by Gasteiger charge is -2.58. The van der Waals surface area contributed by atoms with E-state index in [1.54, 1.807) is 5.57 Å². The van der Waals surface area contributed by atoms with Crippen molar-refractivity contribution >= 4 is 5.97 Å². The van der Waals surface area contributed by atoms with Gasteiger partial charge in [-0.3, -0.25) is 4.79 Å². The van der Waals surface area contributed by atoms with Gasteiger partial charge in [0, 0.05) is 12.8 Å². The Balaban J connectivity index is 0.880. The van der Waals surface area contributed by atoms with Crippen molar-refractivity contribution in [2.24, 2.45) is 52.3 Å². The van der Waals surface area contributed by atoms with E-state index in [4.69, 9.17) is 9.47 Å². The van der Waals surface area contributed by atoms with E-state index < -0.39 is 0 Å². The summed E-state index contributed by atoms with van der Waals surface area (Å²) in [6.45, 7) is 15.6. The molecule has 1 aromatic carbocycles. The second kappa shape index (κ2) is 18.2. The molecule has 0 spiro atoms. The maximum atomic E-state index is 12.9. The normalized spacial score (nSPS) is 34.9. The molecule has 52 heavy (non-hydrogen) atoms. The van der Waals surface area contributed by atoms with Crippen molar-refractivity contribution in [1.82, 2.24) is 0 Å². The van der Waals surface area contributed by atoms with Gasteiger partial charge in [0.2, 0.25) is 0 Å². The zero-order chi connectivity index (χ0) is 36.7. The summed E-state index contributed by atoms with van der Waals surface area (Å²) < 4.78 is 12.2. The summed E-state index contributed by atoms with van der Waals surface area (Å²) in [4.78, 5) is 12.9. The van der Waals surface area contributed by atoms with Crippen LogP contribution in [0, 0.1) is 52.3 Å². The van der Waals surface area contributed by atoms with Crippen LogP contribution < -0.4 is 4.74 Å². The van der Waals surface area contributed by atoms with Crippen LogP contribution in [0.25, 0.3) is 0 Å². The number of rotatable bonds is 17. The maximum Gasteiger partial charge on any atom is 0.306 e. The summed E-state index contributed by atoms with van der Waals surface area (Å²) in [5.74, 6) is 7.85. The first-order valence-corrected chi connectivity index (χ1v) is 22.7. The SMILES string of the molecule is CCCCC1CCC(c2ccc(OCCCCCC(=O)OC3CC[C@@]4(C)C(=CC[C@H]5[C@@H]6CC[C@H]([C@H](C)CCCC(C)C)[C@@]6(C)CC[C@@H]54)C3)cc2)CC1. The lowest BCUT2D eigenvalue weighted by Crippen LogP contribution is -2.51. The molecule has 1 unspecified atom stereocenters. The first-order chi connectivity index (χ1) is 25.1. The number of allylic oxidation sites excluding steroid dienone is 1. The fourth-order valence-corrected chi connectivity index (χ4v) is 12.8. The minimum absolute atomic E-state index is 0.00624. The Labute approximate surface area is 320 Å². The molecule has 0 radical (unpaired) electrons. The van der Waals surface area contributed by atoms with Gasteiger partial charge >= 0.3 is 5.97 Å². The van der Waals surface area contributed by atoms with E-state index >= 15 is 0 Å². The second-order valence-corrected chi connectivity index (χ2v) is 19.7. The molecule has 3 heteroatoms. The highest BCUT2D eigenvalue weighted by Gasteiger charge is 2.59. The zero-order valence-corrected chi connectivity index (χ0v) is 34.6. The Morgan fingerprint density at radius 2 is 1.62 bits per heavy atom. The smallest absolute Gasteiger partial charge is 0.306 e. The van der Waals surface area contributed by atoms with Gasteiger partial charge in [0.1, 0.15) is 11.9 Å². The number of benzene rings is 1. The molecule has 0 aromatic heterocycles. The van der Waals surface area contributed by atoms with Crippen LogP contribution in [0.15, 0.2) is 35.9 Å². The van der Waals surface area contributed by atoms with E-state index in [1.165, 1.54) is 108 Å². The van der Waals surface area contributed by atoms with Crippen LogP contribution >= 0.6 is 0 Å². The van der Waals surface area contributed by atoms with Crippen LogP contribution in [0.3, 0.4) is 0 Å². The highest BCUT2D eigenvalue weighted by atomic mass is 16.5. The third-order valence-electron chi connectivity index (χ3n) is 16.0. The standard InChI is InChI=1S/C49H78O3/c1-7-8-15-37-17-19-38(20-18-37)39-21-24-41(25-22-39)51-33-11-9-10-16-47(50)52-42-29-31-48(5)40(34-42)23-26-43-45-28-27-44(36(4)14-12-13-35(2)3)49(45,6)32-30-46(43)48/h21-25,35-38,42-46H,7-20,26-34H2,1-6H3/t36-,37?,38?,42?,43+,44-,45+,46+,48+,49-/m1/s1.